The molecule has 2 aromatic rings. The minimum Gasteiger partial charge on any atom is -0.489 e. The molecule has 7 heteroatoms. The molecule has 1 aliphatic rings. The number of para-hydroxylation sites is 2. The van der Waals surface area contributed by atoms with E-state index in [1.165, 1.54) is 0 Å². The maximum Gasteiger partial charge on any atom is 0.243 e. The molecule has 3 N–H and O–H groups in total. The van der Waals surface area contributed by atoms with E-state index in [0.717, 1.165) is 44.4 Å². The van der Waals surface area contributed by atoms with Crippen LogP contribution in [0.4, 0.5) is 17.1 Å². The van der Waals surface area contributed by atoms with Crippen LogP contribution < -0.4 is 20.7 Å². The maximum atomic E-state index is 12.5. The quantitative estimate of drug-likeness (QED) is 0.413. The summed E-state index contributed by atoms with van der Waals surface area (Å²) < 4.78 is 11.5. The Hall–Kier alpha value is -3.06. The van der Waals surface area contributed by atoms with E-state index in [4.69, 9.17) is 9.47 Å². The lowest BCUT2D eigenvalue weighted by molar-refractivity contribution is -0.116. The number of benzene rings is 2. The molecule has 3 rings (SSSR count). The first-order valence-corrected chi connectivity index (χ1v) is 11.4. The molecule has 0 aromatic heterocycles. The van der Waals surface area contributed by atoms with E-state index >= 15 is 0 Å². The lowest BCUT2D eigenvalue weighted by Crippen LogP contribution is -2.22. The first-order valence-electron chi connectivity index (χ1n) is 11.4. The number of hydrogen-bond donors (Lipinski definition) is 3. The van der Waals surface area contributed by atoms with Gasteiger partial charge in [-0.15, -0.1) is 0 Å². The average Bonchev–Trinajstić information content (AvgIpc) is 3.31. The van der Waals surface area contributed by atoms with Crippen molar-refractivity contribution in [3.05, 3.63) is 48.5 Å². The highest BCUT2D eigenvalue weighted by Gasteiger charge is 2.17. The summed E-state index contributed by atoms with van der Waals surface area (Å²) in [7, 11) is 0. The molecule has 0 radical (unpaired) electrons. The maximum absolute atomic E-state index is 12.5. The van der Waals surface area contributed by atoms with Crippen molar-refractivity contribution < 1.29 is 19.1 Å². The number of nitrogens with one attached hydrogen (secondary N) is 3. The van der Waals surface area contributed by atoms with Gasteiger partial charge < -0.3 is 25.4 Å². The van der Waals surface area contributed by atoms with Crippen LogP contribution in [0.5, 0.6) is 5.75 Å². The lowest BCUT2D eigenvalue weighted by atomic mass is 10.2. The third-order valence-electron chi connectivity index (χ3n) is 5.21. The Morgan fingerprint density at radius 2 is 1.81 bits per heavy atom. The van der Waals surface area contributed by atoms with Gasteiger partial charge in [0, 0.05) is 24.4 Å². The molecule has 1 saturated heterocycles. The molecule has 2 amide bonds. The molecule has 1 unspecified atom stereocenters. The van der Waals surface area contributed by atoms with Crippen LogP contribution in [0, 0.1) is 0 Å². The largest absolute Gasteiger partial charge is 0.489 e. The molecule has 32 heavy (non-hydrogen) atoms. The van der Waals surface area contributed by atoms with Gasteiger partial charge in [-0.25, -0.2) is 0 Å². The van der Waals surface area contributed by atoms with E-state index in [-0.39, 0.29) is 24.5 Å². The fraction of sp³-hybridized carbons (Fsp3) is 0.440. The van der Waals surface area contributed by atoms with Gasteiger partial charge in [-0.05, 0) is 49.6 Å². The number of ether oxygens (including phenoxy) is 2. The normalized spacial score (nSPS) is 15.2. The van der Waals surface area contributed by atoms with E-state index < -0.39 is 0 Å². The zero-order valence-corrected chi connectivity index (χ0v) is 18.7. The minimum absolute atomic E-state index is 0.0109. The van der Waals surface area contributed by atoms with Crippen molar-refractivity contribution in [3.8, 4) is 5.75 Å². The summed E-state index contributed by atoms with van der Waals surface area (Å²) in [6, 6.07) is 14.7. The van der Waals surface area contributed by atoms with E-state index in [1.54, 1.807) is 18.2 Å². The van der Waals surface area contributed by atoms with Crippen molar-refractivity contribution in [2.75, 3.05) is 35.7 Å². The van der Waals surface area contributed by atoms with Crippen LogP contribution in [0.25, 0.3) is 0 Å². The minimum atomic E-state index is -0.189. The van der Waals surface area contributed by atoms with Gasteiger partial charge in [0.25, 0.3) is 0 Å². The molecule has 172 valence electrons. The number of carbonyl (C=O) groups is 2. The SMILES string of the molecule is CCCCCC(=O)Nc1cccc(NC(=O)CNc2ccccc2OCC2CCCO2)c1. The predicted molar refractivity (Wildman–Crippen MR) is 127 cm³/mol. The molecular weight excluding hydrogens is 406 g/mol. The second-order valence-corrected chi connectivity index (χ2v) is 7.93. The number of anilines is 3. The lowest BCUT2D eigenvalue weighted by Gasteiger charge is -2.15. The summed E-state index contributed by atoms with van der Waals surface area (Å²) in [5, 5.41) is 8.88. The number of unbranched alkanes of at least 4 members (excludes halogenated alkanes) is 2. The van der Waals surface area contributed by atoms with Gasteiger partial charge in [0.1, 0.15) is 12.4 Å². The second-order valence-electron chi connectivity index (χ2n) is 7.93. The Morgan fingerprint density at radius 3 is 2.56 bits per heavy atom. The molecule has 0 bridgehead atoms. The number of amides is 2. The van der Waals surface area contributed by atoms with Crippen LogP contribution >= 0.6 is 0 Å². The number of rotatable bonds is 12. The molecule has 1 atom stereocenters. The van der Waals surface area contributed by atoms with E-state index in [0.29, 0.717) is 30.2 Å². The third-order valence-corrected chi connectivity index (χ3v) is 5.21. The van der Waals surface area contributed by atoms with E-state index in [9.17, 15) is 9.59 Å². The fourth-order valence-corrected chi connectivity index (χ4v) is 3.51. The van der Waals surface area contributed by atoms with Crippen LogP contribution in [0.15, 0.2) is 48.5 Å². The Morgan fingerprint density at radius 1 is 1.03 bits per heavy atom. The summed E-state index contributed by atoms with van der Waals surface area (Å²) in [6.45, 7) is 3.49. The summed E-state index contributed by atoms with van der Waals surface area (Å²) in [4.78, 5) is 24.5. The smallest absolute Gasteiger partial charge is 0.243 e. The van der Waals surface area contributed by atoms with Gasteiger partial charge in [-0.1, -0.05) is 38.0 Å². The van der Waals surface area contributed by atoms with Crippen LogP contribution in [-0.4, -0.2) is 37.7 Å². The van der Waals surface area contributed by atoms with Crippen molar-refractivity contribution in [2.24, 2.45) is 0 Å². The zero-order valence-electron chi connectivity index (χ0n) is 18.7. The average molecular weight is 440 g/mol. The zero-order chi connectivity index (χ0) is 22.6. The van der Waals surface area contributed by atoms with Gasteiger partial charge in [0.2, 0.25) is 11.8 Å². The fourth-order valence-electron chi connectivity index (χ4n) is 3.51. The highest BCUT2D eigenvalue weighted by Crippen LogP contribution is 2.25. The van der Waals surface area contributed by atoms with Gasteiger partial charge in [0.15, 0.2) is 0 Å². The van der Waals surface area contributed by atoms with Crippen LogP contribution in [0.3, 0.4) is 0 Å². The molecule has 1 fully saturated rings. The topological polar surface area (TPSA) is 88.7 Å². The summed E-state index contributed by atoms with van der Waals surface area (Å²) in [5.41, 5.74) is 2.06. The predicted octanol–water partition coefficient (Wildman–Crippen LogP) is 4.81. The molecule has 0 spiro atoms. The second kappa shape index (κ2) is 12.7. The van der Waals surface area contributed by atoms with Crippen LogP contribution in [0.1, 0.15) is 45.4 Å². The van der Waals surface area contributed by atoms with Crippen molar-refractivity contribution in [3.63, 3.8) is 0 Å². The molecule has 2 aromatic carbocycles. The Kier molecular flexibility index (Phi) is 9.37. The van der Waals surface area contributed by atoms with Crippen molar-refractivity contribution in [2.45, 2.75) is 51.6 Å². The van der Waals surface area contributed by atoms with Crippen molar-refractivity contribution in [1.29, 1.82) is 0 Å². The van der Waals surface area contributed by atoms with E-state index in [2.05, 4.69) is 22.9 Å². The Balaban J connectivity index is 1.47. The first kappa shape index (κ1) is 23.6. The van der Waals surface area contributed by atoms with Gasteiger partial charge in [0.05, 0.1) is 18.3 Å². The summed E-state index contributed by atoms with van der Waals surface area (Å²) >= 11 is 0. The van der Waals surface area contributed by atoms with E-state index in [1.807, 2.05) is 30.3 Å². The van der Waals surface area contributed by atoms with Crippen LogP contribution in [0.2, 0.25) is 0 Å². The molecule has 1 aliphatic heterocycles. The summed E-state index contributed by atoms with van der Waals surface area (Å²) in [5.74, 6) is 0.497. The molecular formula is C25H33N3O4. The first-order chi connectivity index (χ1) is 15.6. The van der Waals surface area contributed by atoms with Gasteiger partial charge >= 0.3 is 0 Å². The molecule has 7 nitrogen and oxygen atoms in total. The number of carbonyl (C=O) groups excluding carboxylic acids is 2. The standard InChI is InChI=1S/C25H33N3O4/c1-2-3-4-14-24(29)27-19-9-7-10-20(16-19)28-25(30)17-26-22-12-5-6-13-23(22)32-18-21-11-8-15-31-21/h5-7,9-10,12-13,16,21,26H,2-4,8,11,14-15,17-18H2,1H3,(H,27,29)(H,28,30). The summed E-state index contributed by atoms with van der Waals surface area (Å²) in [6.07, 6.45) is 5.71. The van der Waals surface area contributed by atoms with Crippen LogP contribution in [-0.2, 0) is 14.3 Å². The Labute approximate surface area is 189 Å². The molecule has 1 heterocycles. The van der Waals surface area contributed by atoms with Gasteiger partial charge in [-0.2, -0.15) is 0 Å². The highest BCUT2D eigenvalue weighted by molar-refractivity contribution is 5.95. The van der Waals surface area contributed by atoms with Gasteiger partial charge in [-0.3, -0.25) is 9.59 Å². The molecule has 0 aliphatic carbocycles. The number of hydrogen-bond acceptors (Lipinski definition) is 5. The monoisotopic (exact) mass is 439 g/mol. The third kappa shape index (κ3) is 7.89. The Bertz CT molecular complexity index is 881. The highest BCUT2D eigenvalue weighted by atomic mass is 16.5. The van der Waals surface area contributed by atoms with Crippen molar-refractivity contribution >= 4 is 28.9 Å². The van der Waals surface area contributed by atoms with Crippen molar-refractivity contribution in [1.82, 2.24) is 0 Å². The molecule has 0 saturated carbocycles.